The van der Waals surface area contributed by atoms with Crippen molar-refractivity contribution >= 4 is 23.2 Å². The minimum Gasteiger partial charge on any atom is -0.324 e. The molecule has 3 rings (SSSR count). The summed E-state index contributed by atoms with van der Waals surface area (Å²) in [6.45, 7) is 3.74. The molecule has 1 fully saturated rings. The van der Waals surface area contributed by atoms with Gasteiger partial charge in [0, 0.05) is 11.6 Å². The van der Waals surface area contributed by atoms with Crippen LogP contribution in [0.15, 0.2) is 18.2 Å². The summed E-state index contributed by atoms with van der Waals surface area (Å²) in [6.07, 6.45) is -0.988. The number of aromatic nitrogens is 2. The first-order valence-electron chi connectivity index (χ1n) is 7.78. The van der Waals surface area contributed by atoms with E-state index >= 15 is 0 Å². The van der Waals surface area contributed by atoms with E-state index < -0.39 is 12.1 Å². The molecule has 1 aliphatic carbocycles. The fourth-order valence-electron chi connectivity index (χ4n) is 2.69. The Labute approximate surface area is 143 Å². The highest BCUT2D eigenvalue weighted by Crippen LogP contribution is 2.45. The van der Waals surface area contributed by atoms with Crippen molar-refractivity contribution in [3.8, 4) is 0 Å². The molecule has 2 aromatic rings. The summed E-state index contributed by atoms with van der Waals surface area (Å²) in [6, 6.07) is 5.62. The summed E-state index contributed by atoms with van der Waals surface area (Å²) >= 11 is 6.05. The molecule has 1 N–H and O–H groups in total. The van der Waals surface area contributed by atoms with Crippen LogP contribution in [-0.4, -0.2) is 15.7 Å². The van der Waals surface area contributed by atoms with E-state index in [4.69, 9.17) is 11.6 Å². The third kappa shape index (κ3) is 3.29. The Morgan fingerprint density at radius 1 is 1.42 bits per heavy atom. The van der Waals surface area contributed by atoms with Crippen LogP contribution in [-0.2, 0) is 11.3 Å². The molecular weight excluding hydrogens is 336 g/mol. The standard InChI is InChI=1S/C17H18ClF2N3O/c1-9-4-3-5-12(10(9)2)21-13(24)8-23-16(11-6-7-11)14(18)15(22-23)17(19)20/h3-5,11,17H,6-8H2,1-2H3,(H,21,24). The Hall–Kier alpha value is -1.95. The molecule has 4 nitrogen and oxygen atoms in total. The molecule has 0 spiro atoms. The van der Waals surface area contributed by atoms with Crippen LogP contribution >= 0.6 is 11.6 Å². The normalized spacial score (nSPS) is 14.2. The summed E-state index contributed by atoms with van der Waals surface area (Å²) in [5.41, 5.74) is 2.84. The number of nitrogens with zero attached hydrogens (tertiary/aromatic N) is 2. The maximum atomic E-state index is 13.0. The zero-order valence-corrected chi connectivity index (χ0v) is 14.2. The van der Waals surface area contributed by atoms with Gasteiger partial charge in [0.15, 0.2) is 0 Å². The van der Waals surface area contributed by atoms with E-state index in [1.807, 2.05) is 32.0 Å². The van der Waals surface area contributed by atoms with Crippen LogP contribution in [0.2, 0.25) is 5.02 Å². The van der Waals surface area contributed by atoms with Crippen molar-refractivity contribution in [3.63, 3.8) is 0 Å². The quantitative estimate of drug-likeness (QED) is 0.853. The van der Waals surface area contributed by atoms with Gasteiger partial charge in [0.1, 0.15) is 12.2 Å². The van der Waals surface area contributed by atoms with Gasteiger partial charge in [0.05, 0.1) is 10.7 Å². The molecule has 0 radical (unpaired) electrons. The number of amides is 1. The van der Waals surface area contributed by atoms with Crippen molar-refractivity contribution in [2.24, 2.45) is 0 Å². The van der Waals surface area contributed by atoms with Gasteiger partial charge >= 0.3 is 0 Å². The summed E-state index contributed by atoms with van der Waals surface area (Å²) < 4.78 is 27.4. The van der Waals surface area contributed by atoms with Crippen LogP contribution in [0.25, 0.3) is 0 Å². The third-order valence-electron chi connectivity index (χ3n) is 4.30. The number of halogens is 3. The summed E-state index contributed by atoms with van der Waals surface area (Å²) in [7, 11) is 0. The fourth-order valence-corrected chi connectivity index (χ4v) is 3.06. The molecule has 0 aliphatic heterocycles. The van der Waals surface area contributed by atoms with Crippen LogP contribution in [0.1, 0.15) is 47.7 Å². The third-order valence-corrected chi connectivity index (χ3v) is 4.69. The molecule has 1 aromatic carbocycles. The van der Waals surface area contributed by atoms with E-state index in [9.17, 15) is 13.6 Å². The molecule has 1 amide bonds. The number of rotatable bonds is 5. The van der Waals surface area contributed by atoms with Crippen LogP contribution in [0.3, 0.4) is 0 Å². The highest BCUT2D eigenvalue weighted by Gasteiger charge is 2.34. The molecule has 0 saturated heterocycles. The first-order chi connectivity index (χ1) is 11.4. The second-order valence-electron chi connectivity index (χ2n) is 6.11. The minimum absolute atomic E-state index is 0.00737. The fraction of sp³-hybridized carbons (Fsp3) is 0.412. The molecule has 128 valence electrons. The maximum Gasteiger partial charge on any atom is 0.283 e. The van der Waals surface area contributed by atoms with Crippen molar-refractivity contribution in [1.29, 1.82) is 0 Å². The molecule has 1 aliphatic rings. The number of anilines is 1. The highest BCUT2D eigenvalue weighted by atomic mass is 35.5. The van der Waals surface area contributed by atoms with E-state index in [-0.39, 0.29) is 23.4 Å². The van der Waals surface area contributed by atoms with Crippen molar-refractivity contribution in [3.05, 3.63) is 45.7 Å². The van der Waals surface area contributed by atoms with Crippen molar-refractivity contribution in [1.82, 2.24) is 9.78 Å². The number of benzene rings is 1. The number of carbonyl (C=O) groups excluding carboxylic acids is 1. The summed E-state index contributed by atoms with van der Waals surface area (Å²) in [5.74, 6) is -0.198. The number of nitrogens with one attached hydrogen (secondary N) is 1. The predicted octanol–water partition coefficient (Wildman–Crippen LogP) is 4.61. The van der Waals surface area contributed by atoms with Gasteiger partial charge in [-0.1, -0.05) is 23.7 Å². The Kier molecular flexibility index (Phi) is 4.58. The SMILES string of the molecule is Cc1cccc(NC(=O)Cn2nc(C(F)F)c(Cl)c2C2CC2)c1C. The number of hydrogen-bond donors (Lipinski definition) is 1. The van der Waals surface area contributed by atoms with Gasteiger partial charge in [-0.2, -0.15) is 5.10 Å². The van der Waals surface area contributed by atoms with Crippen LogP contribution in [0, 0.1) is 13.8 Å². The number of aryl methyl sites for hydroxylation is 1. The average molecular weight is 354 g/mol. The van der Waals surface area contributed by atoms with Gasteiger partial charge in [-0.3, -0.25) is 9.48 Å². The van der Waals surface area contributed by atoms with E-state index in [1.54, 1.807) is 0 Å². The van der Waals surface area contributed by atoms with Crippen molar-refractivity contribution in [2.45, 2.75) is 45.6 Å². The first kappa shape index (κ1) is 16.9. The number of alkyl halides is 2. The lowest BCUT2D eigenvalue weighted by Crippen LogP contribution is -2.21. The zero-order chi connectivity index (χ0) is 17.4. The molecule has 1 aromatic heterocycles. The summed E-state index contributed by atoms with van der Waals surface area (Å²) in [4.78, 5) is 12.3. The molecule has 7 heteroatoms. The van der Waals surface area contributed by atoms with Crippen LogP contribution in [0.5, 0.6) is 0 Å². The molecule has 1 heterocycles. The van der Waals surface area contributed by atoms with Gasteiger partial charge in [-0.05, 0) is 43.9 Å². The Morgan fingerprint density at radius 2 is 2.12 bits per heavy atom. The highest BCUT2D eigenvalue weighted by molar-refractivity contribution is 6.32. The average Bonchev–Trinajstić information content (AvgIpc) is 3.28. The molecular formula is C17H18ClF2N3O. The topological polar surface area (TPSA) is 46.9 Å². The largest absolute Gasteiger partial charge is 0.324 e. The summed E-state index contributed by atoms with van der Waals surface area (Å²) in [5, 5.41) is 6.67. The smallest absolute Gasteiger partial charge is 0.283 e. The molecule has 1 saturated carbocycles. The van der Waals surface area contributed by atoms with E-state index in [0.717, 1.165) is 24.0 Å². The first-order valence-corrected chi connectivity index (χ1v) is 8.16. The van der Waals surface area contributed by atoms with Gasteiger partial charge in [0.25, 0.3) is 6.43 Å². The Bertz CT molecular complexity index is 784. The number of carbonyl (C=O) groups is 1. The van der Waals surface area contributed by atoms with Gasteiger partial charge in [-0.25, -0.2) is 8.78 Å². The number of hydrogen-bond acceptors (Lipinski definition) is 2. The lowest BCUT2D eigenvalue weighted by molar-refractivity contribution is -0.117. The monoisotopic (exact) mass is 353 g/mol. The van der Waals surface area contributed by atoms with Gasteiger partial charge < -0.3 is 5.32 Å². The Morgan fingerprint density at radius 3 is 2.75 bits per heavy atom. The zero-order valence-electron chi connectivity index (χ0n) is 13.4. The van der Waals surface area contributed by atoms with E-state index in [1.165, 1.54) is 4.68 Å². The second kappa shape index (κ2) is 6.51. The van der Waals surface area contributed by atoms with E-state index in [2.05, 4.69) is 10.4 Å². The molecule has 24 heavy (non-hydrogen) atoms. The lowest BCUT2D eigenvalue weighted by atomic mass is 10.1. The van der Waals surface area contributed by atoms with Crippen LogP contribution in [0.4, 0.5) is 14.5 Å². The van der Waals surface area contributed by atoms with Crippen LogP contribution < -0.4 is 5.32 Å². The molecule has 0 bridgehead atoms. The minimum atomic E-state index is -2.75. The maximum absolute atomic E-state index is 13.0. The van der Waals surface area contributed by atoms with E-state index in [0.29, 0.717) is 11.4 Å². The van der Waals surface area contributed by atoms with Gasteiger partial charge in [0.2, 0.25) is 5.91 Å². The lowest BCUT2D eigenvalue weighted by Gasteiger charge is -2.11. The second-order valence-corrected chi connectivity index (χ2v) is 6.49. The van der Waals surface area contributed by atoms with Gasteiger partial charge in [-0.15, -0.1) is 0 Å². The Balaban J connectivity index is 1.81. The molecule has 0 atom stereocenters. The van der Waals surface area contributed by atoms with Crippen molar-refractivity contribution in [2.75, 3.05) is 5.32 Å². The predicted molar refractivity (Wildman–Crippen MR) is 88.7 cm³/mol. The van der Waals surface area contributed by atoms with Crippen molar-refractivity contribution < 1.29 is 13.6 Å². The molecule has 0 unspecified atom stereocenters.